The van der Waals surface area contributed by atoms with E-state index in [4.69, 9.17) is 5.11 Å². The second-order valence-electron chi connectivity index (χ2n) is 4.25. The molecule has 5 heteroatoms. The van der Waals surface area contributed by atoms with Crippen LogP contribution >= 0.6 is 11.3 Å². The minimum absolute atomic E-state index is 0.0672. The average Bonchev–Trinajstić information content (AvgIpc) is 2.44. The number of aromatic nitrogens is 1. The summed E-state index contributed by atoms with van der Waals surface area (Å²) in [6, 6.07) is -0.0672. The van der Waals surface area contributed by atoms with Crippen LogP contribution < -0.4 is 5.32 Å². The molecule has 1 aromatic rings. The van der Waals surface area contributed by atoms with Crippen LogP contribution in [0.2, 0.25) is 0 Å². The number of hydrogen-bond acceptors (Lipinski definition) is 4. The van der Waals surface area contributed by atoms with E-state index < -0.39 is 5.97 Å². The number of nitrogens with one attached hydrogen (secondary N) is 1. The predicted molar refractivity (Wildman–Crippen MR) is 66.1 cm³/mol. The first-order chi connectivity index (χ1) is 7.40. The SMILES string of the molecule is Cc1nc(NC(CC(=O)O)C(C)C)sc1C. The fourth-order valence-corrected chi connectivity index (χ4v) is 2.21. The van der Waals surface area contributed by atoms with Gasteiger partial charge in [0, 0.05) is 10.9 Å². The van der Waals surface area contributed by atoms with E-state index in [0.29, 0.717) is 0 Å². The molecule has 0 aliphatic rings. The molecule has 1 atom stereocenters. The molecule has 1 aromatic heterocycles. The molecule has 90 valence electrons. The number of aliphatic carboxylic acids is 1. The lowest BCUT2D eigenvalue weighted by Crippen LogP contribution is -2.28. The van der Waals surface area contributed by atoms with Crippen molar-refractivity contribution < 1.29 is 9.90 Å². The van der Waals surface area contributed by atoms with Gasteiger partial charge in [0.1, 0.15) is 0 Å². The third-order valence-electron chi connectivity index (χ3n) is 2.54. The topological polar surface area (TPSA) is 62.2 Å². The molecule has 0 saturated carbocycles. The molecule has 0 aliphatic heterocycles. The van der Waals surface area contributed by atoms with Crippen LogP contribution in [-0.2, 0) is 4.79 Å². The van der Waals surface area contributed by atoms with E-state index in [0.717, 1.165) is 10.8 Å². The Kier molecular flexibility index (Phi) is 4.29. The summed E-state index contributed by atoms with van der Waals surface area (Å²) in [6.07, 6.45) is 0.120. The number of carbonyl (C=O) groups is 1. The van der Waals surface area contributed by atoms with Crippen LogP contribution in [0.25, 0.3) is 0 Å². The van der Waals surface area contributed by atoms with Crippen LogP contribution in [0, 0.1) is 19.8 Å². The van der Waals surface area contributed by atoms with Crippen molar-refractivity contribution in [2.24, 2.45) is 5.92 Å². The maximum absolute atomic E-state index is 10.7. The van der Waals surface area contributed by atoms with Crippen molar-refractivity contribution in [3.8, 4) is 0 Å². The van der Waals surface area contributed by atoms with E-state index in [1.807, 2.05) is 27.7 Å². The Labute approximate surface area is 99.7 Å². The number of rotatable bonds is 5. The Morgan fingerprint density at radius 3 is 2.50 bits per heavy atom. The zero-order valence-electron chi connectivity index (χ0n) is 10.1. The van der Waals surface area contributed by atoms with Gasteiger partial charge in [-0.1, -0.05) is 13.8 Å². The van der Waals surface area contributed by atoms with Gasteiger partial charge < -0.3 is 10.4 Å². The molecule has 0 fully saturated rings. The lowest BCUT2D eigenvalue weighted by atomic mass is 10.0. The molecule has 2 N–H and O–H groups in total. The highest BCUT2D eigenvalue weighted by Crippen LogP contribution is 2.23. The molecule has 0 amide bonds. The van der Waals surface area contributed by atoms with Gasteiger partial charge in [-0.2, -0.15) is 0 Å². The summed E-state index contributed by atoms with van der Waals surface area (Å²) >= 11 is 1.57. The van der Waals surface area contributed by atoms with E-state index in [2.05, 4.69) is 10.3 Å². The Balaban J connectivity index is 2.71. The highest BCUT2D eigenvalue weighted by molar-refractivity contribution is 7.15. The summed E-state index contributed by atoms with van der Waals surface area (Å²) in [7, 11) is 0. The van der Waals surface area contributed by atoms with E-state index in [1.54, 1.807) is 11.3 Å². The first-order valence-electron chi connectivity index (χ1n) is 5.32. The summed E-state index contributed by atoms with van der Waals surface area (Å²) in [5.41, 5.74) is 1.00. The second-order valence-corrected chi connectivity index (χ2v) is 5.46. The van der Waals surface area contributed by atoms with E-state index in [9.17, 15) is 4.79 Å². The van der Waals surface area contributed by atoms with Crippen molar-refractivity contribution in [2.45, 2.75) is 40.2 Å². The summed E-state index contributed by atoms with van der Waals surface area (Å²) in [5.74, 6) is -0.517. The average molecular weight is 242 g/mol. The van der Waals surface area contributed by atoms with Crippen LogP contribution in [0.1, 0.15) is 30.8 Å². The van der Waals surface area contributed by atoms with Gasteiger partial charge in [0.05, 0.1) is 12.1 Å². The Morgan fingerprint density at radius 2 is 2.12 bits per heavy atom. The minimum Gasteiger partial charge on any atom is -0.481 e. The van der Waals surface area contributed by atoms with Gasteiger partial charge in [-0.25, -0.2) is 4.98 Å². The van der Waals surface area contributed by atoms with Crippen LogP contribution in [0.15, 0.2) is 0 Å². The van der Waals surface area contributed by atoms with Crippen LogP contribution in [0.4, 0.5) is 5.13 Å². The molecule has 0 aromatic carbocycles. The highest BCUT2D eigenvalue weighted by atomic mass is 32.1. The molecule has 0 saturated heterocycles. The van der Waals surface area contributed by atoms with E-state index in [1.165, 1.54) is 4.88 Å². The van der Waals surface area contributed by atoms with Gasteiger partial charge in [0.25, 0.3) is 0 Å². The molecule has 1 rings (SSSR count). The second kappa shape index (κ2) is 5.30. The van der Waals surface area contributed by atoms with Gasteiger partial charge in [-0.05, 0) is 19.8 Å². The third-order valence-corrected chi connectivity index (χ3v) is 3.54. The molecule has 4 nitrogen and oxygen atoms in total. The van der Waals surface area contributed by atoms with Gasteiger partial charge in [0.2, 0.25) is 0 Å². The lowest BCUT2D eigenvalue weighted by Gasteiger charge is -2.19. The Morgan fingerprint density at radius 1 is 1.50 bits per heavy atom. The number of aryl methyl sites for hydroxylation is 2. The number of carboxylic acid groups (broad SMARTS) is 1. The largest absolute Gasteiger partial charge is 0.481 e. The number of hydrogen-bond donors (Lipinski definition) is 2. The fourth-order valence-electron chi connectivity index (χ4n) is 1.33. The van der Waals surface area contributed by atoms with E-state index >= 15 is 0 Å². The van der Waals surface area contributed by atoms with Crippen molar-refractivity contribution >= 4 is 22.4 Å². The number of anilines is 1. The van der Waals surface area contributed by atoms with Gasteiger partial charge in [0.15, 0.2) is 5.13 Å². The molecule has 0 aliphatic carbocycles. The summed E-state index contributed by atoms with van der Waals surface area (Å²) in [5, 5.41) is 12.8. The molecule has 16 heavy (non-hydrogen) atoms. The number of nitrogens with zero attached hydrogens (tertiary/aromatic N) is 1. The molecule has 0 bridgehead atoms. The number of carboxylic acids is 1. The molecular weight excluding hydrogens is 224 g/mol. The quantitative estimate of drug-likeness (QED) is 0.833. The Hall–Kier alpha value is -1.10. The first-order valence-corrected chi connectivity index (χ1v) is 6.14. The third kappa shape index (κ3) is 3.48. The summed E-state index contributed by atoms with van der Waals surface area (Å²) in [4.78, 5) is 16.2. The van der Waals surface area contributed by atoms with Gasteiger partial charge in [-0.3, -0.25) is 4.79 Å². The predicted octanol–water partition coefficient (Wildman–Crippen LogP) is 2.67. The summed E-state index contributed by atoms with van der Waals surface area (Å²) in [6.45, 7) is 7.99. The first kappa shape index (κ1) is 13.0. The molecule has 0 spiro atoms. The Bertz CT molecular complexity index is 355. The zero-order valence-corrected chi connectivity index (χ0v) is 10.9. The molecule has 0 radical (unpaired) electrons. The molecule has 1 heterocycles. The lowest BCUT2D eigenvalue weighted by molar-refractivity contribution is -0.137. The monoisotopic (exact) mass is 242 g/mol. The van der Waals surface area contributed by atoms with Crippen molar-refractivity contribution in [1.29, 1.82) is 0 Å². The van der Waals surface area contributed by atoms with E-state index in [-0.39, 0.29) is 18.4 Å². The minimum atomic E-state index is -0.781. The zero-order chi connectivity index (χ0) is 12.3. The van der Waals surface area contributed by atoms with Gasteiger partial charge >= 0.3 is 5.97 Å². The van der Waals surface area contributed by atoms with Crippen molar-refractivity contribution in [3.05, 3.63) is 10.6 Å². The van der Waals surface area contributed by atoms with Crippen LogP contribution in [0.3, 0.4) is 0 Å². The van der Waals surface area contributed by atoms with Crippen molar-refractivity contribution in [3.63, 3.8) is 0 Å². The van der Waals surface area contributed by atoms with Crippen molar-refractivity contribution in [1.82, 2.24) is 4.98 Å². The normalized spacial score (nSPS) is 12.8. The fraction of sp³-hybridized carbons (Fsp3) is 0.636. The number of thiazole rings is 1. The van der Waals surface area contributed by atoms with Crippen molar-refractivity contribution in [2.75, 3.05) is 5.32 Å². The smallest absolute Gasteiger partial charge is 0.305 e. The molecular formula is C11H18N2O2S. The van der Waals surface area contributed by atoms with Gasteiger partial charge in [-0.15, -0.1) is 11.3 Å². The highest BCUT2D eigenvalue weighted by Gasteiger charge is 2.18. The standard InChI is InChI=1S/C11H18N2O2S/c1-6(2)9(5-10(14)15)13-11-12-7(3)8(4)16-11/h6,9H,5H2,1-4H3,(H,12,13)(H,14,15). The summed E-state index contributed by atoms with van der Waals surface area (Å²) < 4.78 is 0. The maximum Gasteiger partial charge on any atom is 0.305 e. The van der Waals surface area contributed by atoms with Crippen LogP contribution in [-0.4, -0.2) is 22.1 Å². The maximum atomic E-state index is 10.7. The van der Waals surface area contributed by atoms with Crippen LogP contribution in [0.5, 0.6) is 0 Å². The molecule has 1 unspecified atom stereocenters.